The fourth-order valence-electron chi connectivity index (χ4n) is 3.83. The van der Waals surface area contributed by atoms with Gasteiger partial charge in [-0.25, -0.2) is 9.37 Å². The van der Waals surface area contributed by atoms with Gasteiger partial charge in [0.05, 0.1) is 5.51 Å². The molecule has 1 aliphatic heterocycles. The predicted octanol–water partition coefficient (Wildman–Crippen LogP) is 3.05. The molecule has 0 bridgehead atoms. The zero-order valence-electron chi connectivity index (χ0n) is 14.9. The highest BCUT2D eigenvalue weighted by molar-refractivity contribution is 7.07. The number of nitrogens with one attached hydrogen (secondary N) is 1. The maximum Gasteiger partial charge on any atom is 0.270 e. The third-order valence-corrected chi connectivity index (χ3v) is 6.14. The lowest BCUT2D eigenvalue weighted by Gasteiger charge is -2.32. The third kappa shape index (κ3) is 4.03. The molecular formula is C20H22FN3O2S. The molecule has 27 heavy (non-hydrogen) atoms. The Labute approximate surface area is 161 Å². The monoisotopic (exact) mass is 387 g/mol. The van der Waals surface area contributed by atoms with Crippen molar-refractivity contribution in [3.63, 3.8) is 0 Å². The molecule has 2 heterocycles. The Morgan fingerprint density at radius 2 is 2.04 bits per heavy atom. The van der Waals surface area contributed by atoms with E-state index in [1.54, 1.807) is 23.0 Å². The highest BCUT2D eigenvalue weighted by atomic mass is 32.1. The number of aromatic nitrogens is 1. The minimum atomic E-state index is -0.215. The van der Waals surface area contributed by atoms with E-state index in [2.05, 4.69) is 10.3 Å². The zero-order valence-corrected chi connectivity index (χ0v) is 15.8. The van der Waals surface area contributed by atoms with Gasteiger partial charge in [0.2, 0.25) is 5.91 Å². The molecule has 1 aromatic carbocycles. The first-order valence-electron chi connectivity index (χ1n) is 9.33. The number of rotatable bonds is 5. The summed E-state index contributed by atoms with van der Waals surface area (Å²) in [6.45, 7) is 2.02. The van der Waals surface area contributed by atoms with Crippen LogP contribution in [-0.2, 0) is 4.79 Å². The zero-order chi connectivity index (χ0) is 18.8. The van der Waals surface area contributed by atoms with Gasteiger partial charge in [0, 0.05) is 30.9 Å². The second-order valence-corrected chi connectivity index (χ2v) is 8.04. The van der Waals surface area contributed by atoms with E-state index in [0.29, 0.717) is 36.8 Å². The van der Waals surface area contributed by atoms with Crippen LogP contribution in [0.3, 0.4) is 0 Å². The molecule has 2 amide bonds. The Balaban J connectivity index is 1.23. The van der Waals surface area contributed by atoms with E-state index >= 15 is 0 Å². The lowest BCUT2D eigenvalue weighted by Crippen LogP contribution is -2.42. The number of thiazole rings is 1. The van der Waals surface area contributed by atoms with E-state index in [-0.39, 0.29) is 29.5 Å². The van der Waals surface area contributed by atoms with E-state index in [1.165, 1.54) is 17.4 Å². The van der Waals surface area contributed by atoms with Crippen molar-refractivity contribution in [1.82, 2.24) is 15.2 Å². The molecule has 0 spiro atoms. The quantitative estimate of drug-likeness (QED) is 0.858. The van der Waals surface area contributed by atoms with Gasteiger partial charge in [0.1, 0.15) is 11.5 Å². The van der Waals surface area contributed by atoms with Crippen LogP contribution in [0.5, 0.6) is 0 Å². The molecule has 2 fully saturated rings. The predicted molar refractivity (Wildman–Crippen MR) is 101 cm³/mol. The molecule has 2 aromatic rings. The molecule has 1 saturated heterocycles. The first-order valence-corrected chi connectivity index (χ1v) is 10.3. The molecule has 5 nitrogen and oxygen atoms in total. The first-order chi connectivity index (χ1) is 13.1. The topological polar surface area (TPSA) is 62.3 Å². The molecule has 1 N–H and O–H groups in total. The summed E-state index contributed by atoms with van der Waals surface area (Å²) in [5.41, 5.74) is 2.77. The summed E-state index contributed by atoms with van der Waals surface area (Å²) in [5, 5.41) is 4.66. The Hall–Kier alpha value is -2.28. The maximum atomic E-state index is 13.9. The Morgan fingerprint density at radius 1 is 1.26 bits per heavy atom. The van der Waals surface area contributed by atoms with Crippen LogP contribution < -0.4 is 5.32 Å². The number of carbonyl (C=O) groups excluding carboxylic acids is 2. The fourth-order valence-corrected chi connectivity index (χ4v) is 4.36. The smallest absolute Gasteiger partial charge is 0.270 e. The lowest BCUT2D eigenvalue weighted by atomic mass is 9.96. The largest absolute Gasteiger partial charge is 0.350 e. The summed E-state index contributed by atoms with van der Waals surface area (Å²) >= 11 is 1.40. The summed E-state index contributed by atoms with van der Waals surface area (Å²) in [7, 11) is 0. The van der Waals surface area contributed by atoms with Crippen molar-refractivity contribution in [3.05, 3.63) is 52.2 Å². The Morgan fingerprint density at radius 3 is 2.74 bits per heavy atom. The van der Waals surface area contributed by atoms with Gasteiger partial charge < -0.3 is 10.2 Å². The van der Waals surface area contributed by atoms with Crippen LogP contribution in [0, 0.1) is 17.7 Å². The van der Waals surface area contributed by atoms with Gasteiger partial charge in [-0.15, -0.1) is 11.3 Å². The van der Waals surface area contributed by atoms with E-state index in [9.17, 15) is 14.0 Å². The molecule has 1 aromatic heterocycles. The molecule has 0 radical (unpaired) electrons. The number of hydrogen-bond acceptors (Lipinski definition) is 4. The number of amides is 2. The number of halogens is 1. The standard InChI is InChI=1S/C20H22FN3O2S/c21-17-4-2-1-3-14(17)15-9-16(15)20(26)24-7-5-13(6-8-24)10-22-19(25)18-11-27-12-23-18/h1-4,11-13,15-16H,5-10H2,(H,22,25)/t15-,16+/m0/s1. The molecule has 142 valence electrons. The van der Waals surface area contributed by atoms with Crippen molar-refractivity contribution < 1.29 is 14.0 Å². The normalized spacial score (nSPS) is 22.5. The van der Waals surface area contributed by atoms with E-state index in [0.717, 1.165) is 19.3 Å². The van der Waals surface area contributed by atoms with Gasteiger partial charge in [0.15, 0.2) is 0 Å². The van der Waals surface area contributed by atoms with Crippen molar-refractivity contribution in [2.24, 2.45) is 11.8 Å². The van der Waals surface area contributed by atoms with Crippen molar-refractivity contribution in [2.45, 2.75) is 25.2 Å². The molecule has 2 aliphatic rings. The van der Waals surface area contributed by atoms with Gasteiger partial charge in [-0.05, 0) is 42.7 Å². The van der Waals surface area contributed by atoms with Crippen LogP contribution >= 0.6 is 11.3 Å². The van der Waals surface area contributed by atoms with Gasteiger partial charge in [-0.2, -0.15) is 0 Å². The van der Waals surface area contributed by atoms with Crippen LogP contribution in [-0.4, -0.2) is 41.3 Å². The number of nitrogens with zero attached hydrogens (tertiary/aromatic N) is 2. The molecule has 1 saturated carbocycles. The number of hydrogen-bond donors (Lipinski definition) is 1. The summed E-state index contributed by atoms with van der Waals surface area (Å²) in [6.07, 6.45) is 2.49. The van der Waals surface area contributed by atoms with E-state index < -0.39 is 0 Å². The SMILES string of the molecule is O=C(NCC1CCN(C(=O)[C@@H]2C[C@H]2c2ccccc2F)CC1)c1cscn1. The molecular weight excluding hydrogens is 365 g/mol. The minimum Gasteiger partial charge on any atom is -0.350 e. The summed E-state index contributed by atoms with van der Waals surface area (Å²) in [5.74, 6) is 0.107. The lowest BCUT2D eigenvalue weighted by molar-refractivity contribution is -0.134. The van der Waals surface area contributed by atoms with Gasteiger partial charge >= 0.3 is 0 Å². The van der Waals surface area contributed by atoms with Crippen molar-refractivity contribution >= 4 is 23.2 Å². The maximum absolute atomic E-state index is 13.9. The first kappa shape index (κ1) is 18.1. The average Bonchev–Trinajstić information content (AvgIpc) is 3.28. The van der Waals surface area contributed by atoms with Crippen molar-refractivity contribution in [3.8, 4) is 0 Å². The van der Waals surface area contributed by atoms with Crippen molar-refractivity contribution in [1.29, 1.82) is 0 Å². The van der Waals surface area contributed by atoms with E-state index in [1.807, 2.05) is 11.0 Å². The molecule has 7 heteroatoms. The number of piperidine rings is 1. The number of benzene rings is 1. The highest BCUT2D eigenvalue weighted by Crippen LogP contribution is 2.49. The molecule has 4 rings (SSSR count). The van der Waals surface area contributed by atoms with Crippen LogP contribution in [0.2, 0.25) is 0 Å². The van der Waals surface area contributed by atoms with Crippen LogP contribution in [0.4, 0.5) is 4.39 Å². The average molecular weight is 387 g/mol. The number of carbonyl (C=O) groups is 2. The summed E-state index contributed by atoms with van der Waals surface area (Å²) < 4.78 is 13.9. The molecule has 0 unspecified atom stereocenters. The fraction of sp³-hybridized carbons (Fsp3) is 0.450. The van der Waals surface area contributed by atoms with Crippen LogP contribution in [0.1, 0.15) is 41.2 Å². The van der Waals surface area contributed by atoms with E-state index in [4.69, 9.17) is 0 Å². The summed E-state index contributed by atoms with van der Waals surface area (Å²) in [4.78, 5) is 30.6. The second kappa shape index (κ2) is 7.76. The van der Waals surface area contributed by atoms with Gasteiger partial charge in [0.25, 0.3) is 5.91 Å². The third-order valence-electron chi connectivity index (χ3n) is 5.55. The Bertz CT molecular complexity index is 818. The number of likely N-dealkylation sites (tertiary alicyclic amines) is 1. The van der Waals surface area contributed by atoms with Crippen LogP contribution in [0.15, 0.2) is 35.2 Å². The van der Waals surface area contributed by atoms with Gasteiger partial charge in [-0.1, -0.05) is 18.2 Å². The van der Waals surface area contributed by atoms with Crippen molar-refractivity contribution in [2.75, 3.05) is 19.6 Å². The van der Waals surface area contributed by atoms with Crippen LogP contribution in [0.25, 0.3) is 0 Å². The summed E-state index contributed by atoms with van der Waals surface area (Å²) in [6, 6.07) is 6.74. The second-order valence-electron chi connectivity index (χ2n) is 7.32. The minimum absolute atomic E-state index is 0.0221. The Kier molecular flexibility index (Phi) is 5.20. The van der Waals surface area contributed by atoms with Gasteiger partial charge in [-0.3, -0.25) is 9.59 Å². The molecule has 2 atom stereocenters. The highest BCUT2D eigenvalue weighted by Gasteiger charge is 2.47. The molecule has 1 aliphatic carbocycles.